The Morgan fingerprint density at radius 1 is 1.22 bits per heavy atom. The summed E-state index contributed by atoms with van der Waals surface area (Å²) in [5.74, 6) is 1.21. The van der Waals surface area contributed by atoms with Gasteiger partial charge in [-0.05, 0) is 0 Å². The average Bonchev–Trinajstić information content (AvgIpc) is 2.38. The van der Waals surface area contributed by atoms with Crippen molar-refractivity contribution in [1.29, 1.82) is 0 Å². The molecule has 1 aromatic carbocycles. The van der Waals surface area contributed by atoms with Crippen LogP contribution in [0.3, 0.4) is 0 Å². The Bertz CT molecular complexity index is 358. The molecule has 95 valence electrons. The Labute approximate surface area is 137 Å². The first-order chi connectivity index (χ1) is 8.27. The maximum Gasteiger partial charge on any atom is 0 e. The van der Waals surface area contributed by atoms with E-state index in [0.717, 1.165) is 0 Å². The van der Waals surface area contributed by atoms with Gasteiger partial charge in [0.05, 0.1) is 0 Å². The monoisotopic (exact) mass is 315 g/mol. The third-order valence-electron chi connectivity index (χ3n) is 3.46. The van der Waals surface area contributed by atoms with Crippen molar-refractivity contribution in [2.24, 2.45) is 11.8 Å². The van der Waals surface area contributed by atoms with E-state index in [1.807, 2.05) is 12.1 Å². The molecule has 0 aliphatic heterocycles. The summed E-state index contributed by atoms with van der Waals surface area (Å²) < 4.78 is 0. The van der Waals surface area contributed by atoms with Crippen LogP contribution < -0.4 is 0 Å². The Balaban J connectivity index is 0.00000162. The van der Waals surface area contributed by atoms with Crippen LogP contribution in [-0.4, -0.2) is 0 Å². The van der Waals surface area contributed by atoms with E-state index in [1.54, 1.807) is 0 Å². The van der Waals surface area contributed by atoms with Crippen LogP contribution in [-0.2, 0) is 32.7 Å². The number of hydrogen-bond donors (Lipinski definition) is 0. The van der Waals surface area contributed by atoms with Crippen molar-refractivity contribution >= 4 is 5.57 Å². The molecule has 1 aliphatic rings. The van der Waals surface area contributed by atoms with Crippen LogP contribution in [0.1, 0.15) is 51.5 Å². The molecular formula is C17H22Y-2. The fourth-order valence-electron chi connectivity index (χ4n) is 2.68. The van der Waals surface area contributed by atoms with Crippen LogP contribution in [0.15, 0.2) is 24.3 Å². The molecule has 1 fully saturated rings. The van der Waals surface area contributed by atoms with Crippen molar-refractivity contribution in [3.63, 3.8) is 0 Å². The number of rotatable bonds is 3. The summed E-state index contributed by atoms with van der Waals surface area (Å²) in [5, 5.41) is 0. The fraction of sp³-hybridized carbons (Fsp3) is 0.529. The number of allylic oxidation sites excluding steroid dienone is 2. The summed E-state index contributed by atoms with van der Waals surface area (Å²) in [6.45, 7) is 4.43. The summed E-state index contributed by atoms with van der Waals surface area (Å²) >= 11 is 0. The van der Waals surface area contributed by atoms with E-state index in [-0.39, 0.29) is 32.7 Å². The number of benzene rings is 1. The first-order valence-corrected chi connectivity index (χ1v) is 6.88. The summed E-state index contributed by atoms with van der Waals surface area (Å²) in [7, 11) is 0. The summed E-state index contributed by atoms with van der Waals surface area (Å²) in [6, 6.07) is 11.7. The van der Waals surface area contributed by atoms with Crippen molar-refractivity contribution < 1.29 is 32.7 Å². The molecule has 0 bridgehead atoms. The zero-order valence-electron chi connectivity index (χ0n) is 11.6. The van der Waals surface area contributed by atoms with E-state index >= 15 is 0 Å². The fourth-order valence-corrected chi connectivity index (χ4v) is 2.68. The van der Waals surface area contributed by atoms with Gasteiger partial charge in [-0.2, -0.15) is 12.1 Å². The zero-order valence-corrected chi connectivity index (χ0v) is 14.4. The van der Waals surface area contributed by atoms with E-state index in [4.69, 9.17) is 0 Å². The predicted octanol–water partition coefficient (Wildman–Crippen LogP) is 4.91. The predicted molar refractivity (Wildman–Crippen MR) is 73.3 cm³/mol. The van der Waals surface area contributed by atoms with Gasteiger partial charge in [-0.3, -0.25) is 5.57 Å². The second-order valence-corrected chi connectivity index (χ2v) is 5.32. The van der Waals surface area contributed by atoms with Crippen LogP contribution >= 0.6 is 0 Å². The third kappa shape index (κ3) is 4.63. The van der Waals surface area contributed by atoms with E-state index in [0.29, 0.717) is 11.8 Å². The molecule has 0 amide bonds. The van der Waals surface area contributed by atoms with Crippen LogP contribution in [0.25, 0.3) is 5.57 Å². The Morgan fingerprint density at radius 3 is 2.50 bits per heavy atom. The van der Waals surface area contributed by atoms with Gasteiger partial charge in [0.1, 0.15) is 0 Å². The Hall–Kier alpha value is 0.0639. The number of hydrogen-bond acceptors (Lipinski definition) is 0. The van der Waals surface area contributed by atoms with Crippen LogP contribution in [0, 0.1) is 24.0 Å². The molecule has 1 aromatic rings. The summed E-state index contributed by atoms with van der Waals surface area (Å²) in [5.41, 5.74) is 2.67. The summed E-state index contributed by atoms with van der Waals surface area (Å²) in [6.07, 6.45) is 10.5. The van der Waals surface area contributed by atoms with E-state index in [9.17, 15) is 0 Å². The molecular weight excluding hydrogens is 293 g/mol. The zero-order chi connectivity index (χ0) is 12.1. The molecule has 0 nitrogen and oxygen atoms in total. The molecule has 0 spiro atoms. The van der Waals surface area contributed by atoms with Gasteiger partial charge in [0, 0.05) is 32.7 Å². The van der Waals surface area contributed by atoms with Crippen LogP contribution in [0.5, 0.6) is 0 Å². The molecule has 1 radical (unpaired) electrons. The standard InChI is InChI=1S/C17H22.Y/c1-14(2)13-17(15-9-5-3-6-10-15)16-11-7-4-8-12-16;/h3,5-6,9,14,16H,4,7-8,11-12H2,1-2H3;/q-2;. The first kappa shape index (κ1) is 16.1. The maximum atomic E-state index is 3.65. The smallest absolute Gasteiger partial charge is 0 e. The molecule has 0 saturated heterocycles. The van der Waals surface area contributed by atoms with E-state index < -0.39 is 0 Å². The minimum atomic E-state index is 0. The second-order valence-electron chi connectivity index (χ2n) is 5.32. The molecule has 0 aromatic heterocycles. The molecule has 2 rings (SSSR count). The SMILES string of the molecule is CC(C)[C-]=C(c1[c-]cccc1)C1CCCCC1.[Y]. The van der Waals surface area contributed by atoms with E-state index in [1.165, 1.54) is 43.2 Å². The molecule has 0 N–H and O–H groups in total. The van der Waals surface area contributed by atoms with Crippen molar-refractivity contribution in [1.82, 2.24) is 0 Å². The van der Waals surface area contributed by atoms with Gasteiger partial charge in [-0.1, -0.05) is 51.9 Å². The Kier molecular flexibility index (Phi) is 7.41. The molecule has 0 heterocycles. The van der Waals surface area contributed by atoms with Gasteiger partial charge in [-0.25, -0.2) is 12.1 Å². The first-order valence-electron chi connectivity index (χ1n) is 6.88. The largest absolute Gasteiger partial charge is 0.320 e. The van der Waals surface area contributed by atoms with Gasteiger partial charge in [0.2, 0.25) is 0 Å². The summed E-state index contributed by atoms with van der Waals surface area (Å²) in [4.78, 5) is 0. The molecule has 1 aliphatic carbocycles. The molecule has 18 heavy (non-hydrogen) atoms. The minimum Gasteiger partial charge on any atom is -0.320 e. The van der Waals surface area contributed by atoms with Crippen molar-refractivity contribution in [2.75, 3.05) is 0 Å². The Morgan fingerprint density at radius 2 is 1.94 bits per heavy atom. The van der Waals surface area contributed by atoms with Gasteiger partial charge < -0.3 is 11.6 Å². The molecule has 0 atom stereocenters. The van der Waals surface area contributed by atoms with Gasteiger partial charge in [0.25, 0.3) is 0 Å². The van der Waals surface area contributed by atoms with Crippen LogP contribution in [0.4, 0.5) is 0 Å². The van der Waals surface area contributed by atoms with Gasteiger partial charge in [0.15, 0.2) is 0 Å². The van der Waals surface area contributed by atoms with E-state index in [2.05, 4.69) is 38.1 Å². The van der Waals surface area contributed by atoms with Crippen molar-refractivity contribution in [3.8, 4) is 0 Å². The van der Waals surface area contributed by atoms with Crippen molar-refractivity contribution in [3.05, 3.63) is 42.0 Å². The minimum absolute atomic E-state index is 0. The maximum absolute atomic E-state index is 3.65. The molecule has 1 saturated carbocycles. The third-order valence-corrected chi connectivity index (χ3v) is 3.46. The van der Waals surface area contributed by atoms with Gasteiger partial charge in [-0.15, -0.1) is 12.0 Å². The normalized spacial score (nSPS) is 17.6. The van der Waals surface area contributed by atoms with Crippen LogP contribution in [0.2, 0.25) is 0 Å². The average molecular weight is 315 g/mol. The topological polar surface area (TPSA) is 0 Å². The molecule has 0 unspecified atom stereocenters. The second kappa shape index (κ2) is 8.28. The quantitative estimate of drug-likeness (QED) is 0.696. The van der Waals surface area contributed by atoms with Crippen molar-refractivity contribution in [2.45, 2.75) is 46.0 Å². The van der Waals surface area contributed by atoms with Gasteiger partial charge >= 0.3 is 0 Å². The molecule has 1 heteroatoms.